The van der Waals surface area contributed by atoms with Crippen LogP contribution in [0.5, 0.6) is 11.5 Å². The van der Waals surface area contributed by atoms with Crippen LogP contribution in [0.3, 0.4) is 0 Å². The normalized spacial score (nSPS) is 28.3. The average Bonchev–Trinajstić information content (AvgIpc) is 3.33. The number of carbonyl (C=O) groups excluding carboxylic acids is 2. The van der Waals surface area contributed by atoms with Crippen LogP contribution in [0.15, 0.2) is 29.4 Å². The molecule has 2 amide bonds. The van der Waals surface area contributed by atoms with Crippen molar-refractivity contribution in [3.8, 4) is 11.5 Å². The van der Waals surface area contributed by atoms with E-state index in [0.717, 1.165) is 11.4 Å². The first-order valence-electron chi connectivity index (χ1n) is 8.46. The van der Waals surface area contributed by atoms with Gasteiger partial charge in [-0.2, -0.15) is 10.1 Å². The van der Waals surface area contributed by atoms with E-state index in [-0.39, 0.29) is 52.7 Å². The zero-order valence-corrected chi connectivity index (χ0v) is 14.7. The van der Waals surface area contributed by atoms with Crippen molar-refractivity contribution in [3.63, 3.8) is 0 Å². The number of hydrazone groups is 1. The van der Waals surface area contributed by atoms with Gasteiger partial charge in [0.25, 0.3) is 11.8 Å². The first kappa shape index (κ1) is 17.2. The molecule has 2 aliphatic carbocycles. The van der Waals surface area contributed by atoms with Crippen molar-refractivity contribution < 1.29 is 24.0 Å². The van der Waals surface area contributed by atoms with Crippen LogP contribution in [0.2, 0.25) is 0 Å². The number of methoxy groups -OCH3 is 2. The van der Waals surface area contributed by atoms with Gasteiger partial charge in [0.1, 0.15) is 0 Å². The number of hydrogen-bond acceptors (Lipinski definition) is 7. The SMILES string of the molecule is COc1cc(C=NN2C(=O)C3C4C=CC(C4)C3C2=O)cc([N+](=O)[O-])c1OC. The lowest BCUT2D eigenvalue weighted by atomic mass is 9.85. The molecule has 0 spiro atoms. The number of fused-ring (bicyclic) bond motifs is 5. The van der Waals surface area contributed by atoms with E-state index in [2.05, 4.69) is 5.10 Å². The summed E-state index contributed by atoms with van der Waals surface area (Å²) in [5.74, 6) is -0.968. The molecule has 2 fully saturated rings. The predicted octanol–water partition coefficient (Wildman–Crippen LogP) is 1.75. The maximum atomic E-state index is 12.6. The Bertz CT molecular complexity index is 879. The van der Waals surface area contributed by atoms with Gasteiger partial charge in [0.15, 0.2) is 5.75 Å². The fourth-order valence-electron chi connectivity index (χ4n) is 4.30. The van der Waals surface area contributed by atoms with Crippen molar-refractivity contribution in [2.75, 3.05) is 14.2 Å². The second-order valence-corrected chi connectivity index (χ2v) is 6.77. The summed E-state index contributed by atoms with van der Waals surface area (Å²) in [4.78, 5) is 35.9. The number of nitro benzene ring substituents is 1. The first-order valence-corrected chi connectivity index (χ1v) is 8.46. The molecule has 140 valence electrons. The largest absolute Gasteiger partial charge is 0.493 e. The quantitative estimate of drug-likeness (QED) is 0.256. The Labute approximate surface area is 154 Å². The molecule has 4 unspecified atom stereocenters. The topological polar surface area (TPSA) is 111 Å². The van der Waals surface area contributed by atoms with Gasteiger partial charge in [0.2, 0.25) is 5.75 Å². The summed E-state index contributed by atoms with van der Waals surface area (Å²) in [5, 5.41) is 16.2. The molecular formula is C18H17N3O6. The zero-order chi connectivity index (χ0) is 19.3. The predicted molar refractivity (Wildman–Crippen MR) is 93.4 cm³/mol. The molecule has 1 heterocycles. The third kappa shape index (κ3) is 2.49. The van der Waals surface area contributed by atoms with Gasteiger partial charge in [0.05, 0.1) is 37.2 Å². The third-order valence-corrected chi connectivity index (χ3v) is 5.45. The number of nitrogens with zero attached hydrogens (tertiary/aromatic N) is 3. The smallest absolute Gasteiger partial charge is 0.315 e. The van der Waals surface area contributed by atoms with Crippen molar-refractivity contribution in [1.82, 2.24) is 5.01 Å². The molecule has 9 heteroatoms. The van der Waals surface area contributed by atoms with Gasteiger partial charge in [0, 0.05) is 11.6 Å². The van der Waals surface area contributed by atoms with Crippen LogP contribution in [0.4, 0.5) is 5.69 Å². The van der Waals surface area contributed by atoms with E-state index in [1.54, 1.807) is 0 Å². The zero-order valence-electron chi connectivity index (χ0n) is 14.7. The van der Waals surface area contributed by atoms with E-state index in [1.165, 1.54) is 32.6 Å². The molecule has 4 rings (SSSR count). The molecular weight excluding hydrogens is 354 g/mol. The van der Waals surface area contributed by atoms with Crippen LogP contribution in [-0.2, 0) is 9.59 Å². The van der Waals surface area contributed by atoms with E-state index in [1.807, 2.05) is 12.2 Å². The van der Waals surface area contributed by atoms with E-state index >= 15 is 0 Å². The minimum atomic E-state index is -0.599. The highest BCUT2D eigenvalue weighted by Gasteiger charge is 2.59. The summed E-state index contributed by atoms with van der Waals surface area (Å²) in [6.45, 7) is 0. The fourth-order valence-corrected chi connectivity index (χ4v) is 4.30. The Balaban J connectivity index is 1.64. The number of hydrogen-bond donors (Lipinski definition) is 0. The first-order chi connectivity index (χ1) is 13.0. The van der Waals surface area contributed by atoms with E-state index in [0.29, 0.717) is 5.56 Å². The van der Waals surface area contributed by atoms with Gasteiger partial charge >= 0.3 is 5.69 Å². The number of allylic oxidation sites excluding steroid dienone is 2. The number of ether oxygens (including phenoxy) is 2. The Kier molecular flexibility index (Phi) is 3.94. The molecule has 1 saturated carbocycles. The molecule has 0 radical (unpaired) electrons. The van der Waals surface area contributed by atoms with Crippen LogP contribution in [-0.4, -0.2) is 42.2 Å². The van der Waals surface area contributed by atoms with E-state index < -0.39 is 4.92 Å². The lowest BCUT2D eigenvalue weighted by Crippen LogP contribution is -2.28. The fraction of sp³-hybridized carbons (Fsp3) is 0.389. The second-order valence-electron chi connectivity index (χ2n) is 6.77. The third-order valence-electron chi connectivity index (χ3n) is 5.45. The van der Waals surface area contributed by atoms with E-state index in [4.69, 9.17) is 9.47 Å². The number of carbonyl (C=O) groups is 2. The number of benzene rings is 1. The molecule has 1 aliphatic heterocycles. The number of nitro groups is 1. The Hall–Kier alpha value is -3.23. The van der Waals surface area contributed by atoms with Gasteiger partial charge < -0.3 is 9.47 Å². The summed E-state index contributed by atoms with van der Waals surface area (Å²) in [6.07, 6.45) is 6.09. The van der Waals surface area contributed by atoms with Crippen molar-refractivity contribution >= 4 is 23.7 Å². The molecule has 27 heavy (non-hydrogen) atoms. The average molecular weight is 371 g/mol. The Morgan fingerprint density at radius 2 is 1.78 bits per heavy atom. The summed E-state index contributed by atoms with van der Waals surface area (Å²) >= 11 is 0. The van der Waals surface area contributed by atoms with Crippen LogP contribution in [0.25, 0.3) is 0 Å². The highest BCUT2D eigenvalue weighted by Crippen LogP contribution is 2.52. The summed E-state index contributed by atoms with van der Waals surface area (Å²) < 4.78 is 10.2. The van der Waals surface area contributed by atoms with Crippen molar-refractivity contribution in [2.24, 2.45) is 28.8 Å². The minimum Gasteiger partial charge on any atom is -0.493 e. The summed E-state index contributed by atoms with van der Waals surface area (Å²) in [5.41, 5.74) is 0.0228. The standard InChI is InChI=1S/C18H17N3O6/c1-26-13-6-9(5-12(21(24)25)16(13)27-2)8-19-20-17(22)14-10-3-4-11(7-10)15(14)18(20)23/h3-6,8,10-11,14-15H,7H2,1-2H3. The molecule has 9 nitrogen and oxygen atoms in total. The van der Waals surface area contributed by atoms with Crippen molar-refractivity contribution in [1.29, 1.82) is 0 Å². The maximum Gasteiger partial charge on any atom is 0.315 e. The molecule has 1 saturated heterocycles. The van der Waals surface area contributed by atoms with Gasteiger partial charge in [-0.1, -0.05) is 12.2 Å². The van der Waals surface area contributed by atoms with Crippen molar-refractivity contribution in [2.45, 2.75) is 6.42 Å². The molecule has 0 N–H and O–H groups in total. The molecule has 1 aromatic carbocycles. The van der Waals surface area contributed by atoms with Crippen LogP contribution in [0.1, 0.15) is 12.0 Å². The highest BCUT2D eigenvalue weighted by atomic mass is 16.6. The second kappa shape index (κ2) is 6.19. The monoisotopic (exact) mass is 371 g/mol. The highest BCUT2D eigenvalue weighted by molar-refractivity contribution is 6.06. The number of rotatable bonds is 5. The Morgan fingerprint density at radius 1 is 1.15 bits per heavy atom. The minimum absolute atomic E-state index is 0.00911. The van der Waals surface area contributed by atoms with E-state index in [9.17, 15) is 19.7 Å². The summed E-state index contributed by atoms with van der Waals surface area (Å²) in [6, 6.07) is 2.74. The van der Waals surface area contributed by atoms with Crippen LogP contribution < -0.4 is 9.47 Å². The molecule has 1 aromatic rings. The van der Waals surface area contributed by atoms with Crippen LogP contribution in [0, 0.1) is 33.8 Å². The Morgan fingerprint density at radius 3 is 2.30 bits per heavy atom. The summed E-state index contributed by atoms with van der Waals surface area (Å²) in [7, 11) is 2.67. The lowest BCUT2D eigenvalue weighted by molar-refractivity contribution is -0.385. The van der Waals surface area contributed by atoms with Gasteiger partial charge in [-0.05, 0) is 24.3 Å². The number of imide groups is 1. The van der Waals surface area contributed by atoms with Gasteiger partial charge in [-0.25, -0.2) is 0 Å². The molecule has 2 bridgehead atoms. The van der Waals surface area contributed by atoms with Crippen molar-refractivity contribution in [3.05, 3.63) is 40.0 Å². The van der Waals surface area contributed by atoms with Gasteiger partial charge in [-0.15, -0.1) is 0 Å². The lowest BCUT2D eigenvalue weighted by Gasteiger charge is -2.13. The molecule has 4 atom stereocenters. The van der Waals surface area contributed by atoms with Crippen LogP contribution >= 0.6 is 0 Å². The van der Waals surface area contributed by atoms with Gasteiger partial charge in [-0.3, -0.25) is 19.7 Å². The number of amides is 2. The molecule has 3 aliphatic rings. The molecule has 0 aromatic heterocycles. The maximum absolute atomic E-state index is 12.6.